The number of rotatable bonds is 3. The summed E-state index contributed by atoms with van der Waals surface area (Å²) in [6, 6.07) is 5.13. The maximum Gasteiger partial charge on any atom is 0.262 e. The van der Waals surface area contributed by atoms with Crippen LogP contribution in [-0.4, -0.2) is 28.5 Å². The molecule has 1 atom stereocenters. The summed E-state index contributed by atoms with van der Waals surface area (Å²) in [5.74, 6) is 1.69. The zero-order valence-corrected chi connectivity index (χ0v) is 16.4. The standard InChI is InChI=1S/C21H20N2O4S/c1-12-2-4-14-18(8-12)28-20-19(14)21(25)23(11-22-20)10-15(24)13-3-5-16-17(9-13)27-7-6-26-16/h3,5,9,11-12H,2,4,6-8,10H2,1H3/t12-/m1/s1. The van der Waals surface area contributed by atoms with Crippen LogP contribution in [0.5, 0.6) is 11.5 Å². The van der Waals surface area contributed by atoms with E-state index in [4.69, 9.17) is 9.47 Å². The van der Waals surface area contributed by atoms with E-state index in [1.54, 1.807) is 29.5 Å². The molecule has 2 aliphatic rings. The number of nitrogens with zero attached hydrogens (tertiary/aromatic N) is 2. The van der Waals surface area contributed by atoms with Crippen LogP contribution in [0.2, 0.25) is 0 Å². The van der Waals surface area contributed by atoms with Gasteiger partial charge in [-0.15, -0.1) is 11.3 Å². The van der Waals surface area contributed by atoms with Crippen molar-refractivity contribution in [1.82, 2.24) is 9.55 Å². The second-order valence-corrected chi connectivity index (χ2v) is 8.57. The van der Waals surface area contributed by atoms with Crippen molar-refractivity contribution in [2.45, 2.75) is 32.7 Å². The number of carbonyl (C=O) groups excluding carboxylic acids is 1. The van der Waals surface area contributed by atoms with Crippen molar-refractivity contribution in [2.24, 2.45) is 5.92 Å². The van der Waals surface area contributed by atoms with E-state index in [-0.39, 0.29) is 17.9 Å². The van der Waals surface area contributed by atoms with Gasteiger partial charge in [-0.2, -0.15) is 0 Å². The highest BCUT2D eigenvalue weighted by Crippen LogP contribution is 2.35. The van der Waals surface area contributed by atoms with Gasteiger partial charge in [-0.25, -0.2) is 4.98 Å². The lowest BCUT2D eigenvalue weighted by molar-refractivity contribution is 0.0969. The van der Waals surface area contributed by atoms with E-state index in [0.717, 1.165) is 29.7 Å². The summed E-state index contributed by atoms with van der Waals surface area (Å²) in [7, 11) is 0. The van der Waals surface area contributed by atoms with Crippen molar-refractivity contribution in [3.05, 3.63) is 50.9 Å². The van der Waals surface area contributed by atoms with Crippen LogP contribution in [0.1, 0.15) is 34.1 Å². The second-order valence-electron chi connectivity index (χ2n) is 7.49. The number of Topliss-reactive ketones (excluding diaryl/α,β-unsaturated/α-hetero) is 1. The molecule has 0 bridgehead atoms. The van der Waals surface area contributed by atoms with Crippen molar-refractivity contribution in [1.29, 1.82) is 0 Å². The number of thiophene rings is 1. The van der Waals surface area contributed by atoms with Crippen LogP contribution in [0.4, 0.5) is 0 Å². The molecule has 1 aliphatic carbocycles. The van der Waals surface area contributed by atoms with Gasteiger partial charge >= 0.3 is 0 Å². The molecule has 1 aliphatic heterocycles. The molecule has 0 radical (unpaired) electrons. The Kier molecular flexibility index (Phi) is 4.19. The van der Waals surface area contributed by atoms with E-state index >= 15 is 0 Å². The van der Waals surface area contributed by atoms with Gasteiger partial charge in [0.2, 0.25) is 0 Å². The topological polar surface area (TPSA) is 70.4 Å². The van der Waals surface area contributed by atoms with Crippen LogP contribution in [-0.2, 0) is 19.4 Å². The zero-order chi connectivity index (χ0) is 19.3. The average Bonchev–Trinajstić information content (AvgIpc) is 3.07. The number of aromatic nitrogens is 2. The number of ketones is 1. The third kappa shape index (κ3) is 2.90. The van der Waals surface area contributed by atoms with Crippen molar-refractivity contribution in [2.75, 3.05) is 13.2 Å². The Bertz CT molecular complexity index is 1150. The zero-order valence-electron chi connectivity index (χ0n) is 15.6. The molecule has 2 aromatic heterocycles. The van der Waals surface area contributed by atoms with Gasteiger partial charge < -0.3 is 9.47 Å². The number of aryl methyl sites for hydroxylation is 1. The summed E-state index contributed by atoms with van der Waals surface area (Å²) < 4.78 is 12.5. The predicted molar refractivity (Wildman–Crippen MR) is 107 cm³/mol. The molecule has 0 fully saturated rings. The smallest absolute Gasteiger partial charge is 0.262 e. The maximum atomic E-state index is 13.1. The van der Waals surface area contributed by atoms with Crippen molar-refractivity contribution < 1.29 is 14.3 Å². The highest BCUT2D eigenvalue weighted by molar-refractivity contribution is 7.18. The van der Waals surface area contributed by atoms with Gasteiger partial charge in [0.05, 0.1) is 18.3 Å². The summed E-state index contributed by atoms with van der Waals surface area (Å²) in [5.41, 5.74) is 1.51. The number of benzene rings is 1. The lowest BCUT2D eigenvalue weighted by Gasteiger charge is -2.18. The lowest BCUT2D eigenvalue weighted by Crippen LogP contribution is -2.25. The fourth-order valence-corrected chi connectivity index (χ4v) is 5.28. The summed E-state index contributed by atoms with van der Waals surface area (Å²) in [5, 5.41) is 0.698. The first-order valence-corrected chi connectivity index (χ1v) is 10.3. The molecule has 0 amide bonds. The summed E-state index contributed by atoms with van der Waals surface area (Å²) in [6.07, 6.45) is 4.49. The van der Waals surface area contributed by atoms with Gasteiger partial charge in [0, 0.05) is 10.4 Å². The highest BCUT2D eigenvalue weighted by Gasteiger charge is 2.24. The molecule has 5 rings (SSSR count). The number of hydrogen-bond donors (Lipinski definition) is 0. The van der Waals surface area contributed by atoms with E-state index in [1.165, 1.54) is 15.8 Å². The normalized spacial score (nSPS) is 18.1. The summed E-state index contributed by atoms with van der Waals surface area (Å²) >= 11 is 1.62. The lowest BCUT2D eigenvalue weighted by atomic mass is 9.89. The molecule has 0 N–H and O–H groups in total. The molecule has 6 nitrogen and oxygen atoms in total. The first kappa shape index (κ1) is 17.4. The van der Waals surface area contributed by atoms with Crippen molar-refractivity contribution in [3.63, 3.8) is 0 Å². The first-order chi connectivity index (χ1) is 13.6. The number of carbonyl (C=O) groups is 1. The summed E-state index contributed by atoms with van der Waals surface area (Å²) in [6.45, 7) is 3.17. The minimum absolute atomic E-state index is 0.0392. The van der Waals surface area contributed by atoms with Gasteiger partial charge in [-0.05, 0) is 48.9 Å². The Balaban J connectivity index is 1.47. The van der Waals surface area contributed by atoms with E-state index in [9.17, 15) is 9.59 Å². The number of fused-ring (bicyclic) bond motifs is 4. The minimum Gasteiger partial charge on any atom is -0.486 e. The molecule has 1 aromatic carbocycles. The van der Waals surface area contributed by atoms with E-state index in [1.807, 2.05) is 0 Å². The fraction of sp³-hybridized carbons (Fsp3) is 0.381. The third-order valence-electron chi connectivity index (χ3n) is 5.46. The van der Waals surface area contributed by atoms with Gasteiger partial charge in [-0.3, -0.25) is 14.2 Å². The molecule has 0 unspecified atom stereocenters. The molecule has 144 valence electrons. The van der Waals surface area contributed by atoms with Gasteiger partial charge in [0.1, 0.15) is 18.0 Å². The Morgan fingerprint density at radius 2 is 2.11 bits per heavy atom. The van der Waals surface area contributed by atoms with E-state index in [0.29, 0.717) is 41.6 Å². The Morgan fingerprint density at radius 3 is 2.96 bits per heavy atom. The first-order valence-electron chi connectivity index (χ1n) is 9.52. The Hall–Kier alpha value is -2.67. The predicted octanol–water partition coefficient (Wildman–Crippen LogP) is 3.24. The van der Waals surface area contributed by atoms with Gasteiger partial charge in [0.25, 0.3) is 5.56 Å². The van der Waals surface area contributed by atoms with E-state index < -0.39 is 0 Å². The van der Waals surface area contributed by atoms with Gasteiger partial charge in [-0.1, -0.05) is 6.92 Å². The minimum atomic E-state index is -0.155. The number of hydrogen-bond acceptors (Lipinski definition) is 6. The third-order valence-corrected chi connectivity index (χ3v) is 6.62. The molecule has 7 heteroatoms. The average molecular weight is 396 g/mol. The molecular weight excluding hydrogens is 376 g/mol. The van der Waals surface area contributed by atoms with Crippen molar-refractivity contribution >= 4 is 27.3 Å². The van der Waals surface area contributed by atoms with E-state index in [2.05, 4.69) is 11.9 Å². The second kappa shape index (κ2) is 6.74. The van der Waals surface area contributed by atoms with Crippen molar-refractivity contribution in [3.8, 4) is 11.5 Å². The van der Waals surface area contributed by atoms with Crippen LogP contribution in [0, 0.1) is 5.92 Å². The number of ether oxygens (including phenoxy) is 2. The molecule has 0 saturated heterocycles. The molecule has 3 aromatic rings. The quantitative estimate of drug-likeness (QED) is 0.636. The van der Waals surface area contributed by atoms with Gasteiger partial charge in [0.15, 0.2) is 17.3 Å². The van der Waals surface area contributed by atoms with Crippen LogP contribution >= 0.6 is 11.3 Å². The molecule has 0 saturated carbocycles. The Labute approximate surface area is 165 Å². The van der Waals surface area contributed by atoms with Crippen LogP contribution in [0.25, 0.3) is 10.2 Å². The fourth-order valence-electron chi connectivity index (χ4n) is 3.94. The molecule has 0 spiro atoms. The summed E-state index contributed by atoms with van der Waals surface area (Å²) in [4.78, 5) is 32.4. The molecular formula is C21H20N2O4S. The van der Waals surface area contributed by atoms with Crippen LogP contribution in [0.15, 0.2) is 29.3 Å². The van der Waals surface area contributed by atoms with Crippen LogP contribution < -0.4 is 15.0 Å². The SMILES string of the molecule is C[C@@H]1CCc2c(sc3ncn(CC(=O)c4ccc5c(c4)OCCO5)c(=O)c23)C1. The maximum absolute atomic E-state index is 13.1. The molecule has 28 heavy (non-hydrogen) atoms. The molecule has 3 heterocycles. The Morgan fingerprint density at radius 1 is 1.29 bits per heavy atom. The monoisotopic (exact) mass is 396 g/mol. The largest absolute Gasteiger partial charge is 0.486 e. The van der Waals surface area contributed by atoms with Crippen LogP contribution in [0.3, 0.4) is 0 Å². The highest BCUT2D eigenvalue weighted by atomic mass is 32.1.